The number of aliphatic carboxylic acids is 2. The van der Waals surface area contributed by atoms with Crippen LogP contribution in [0.5, 0.6) is 0 Å². The molecule has 0 spiro atoms. The van der Waals surface area contributed by atoms with E-state index in [1.165, 1.54) is 0 Å². The maximum atomic E-state index is 13.6. The quantitative estimate of drug-likeness (QED) is 0.0132. The topological polar surface area (TPSA) is 423 Å². The van der Waals surface area contributed by atoms with Gasteiger partial charge >= 0.3 is 24.0 Å². The van der Waals surface area contributed by atoms with Crippen molar-refractivity contribution in [3.63, 3.8) is 0 Å². The SMILES string of the molecule is O=C(O)CCCNC(=O)N[C@@H](CCCCNC(=O)Nc1cccc(-c2cn(CCOCCOCCOCCOCCOCCOCCC(=O)N[C@@H](CCCCNC(=S)Nc3ccnc(CN4CCOCCOCCN(Cc5ccccn5)CCOCCOCC4)c3)C(=O)NCCCCCNC(=O)Cc3ccc(I)cc3)nn2)c1)C(=O)O. The molecule has 1 saturated heterocycles. The van der Waals surface area contributed by atoms with Gasteiger partial charge in [0.05, 0.1) is 163 Å². The number of rotatable bonds is 54. The molecule has 5 aromatic rings. The van der Waals surface area contributed by atoms with Crippen LogP contribution in [0.15, 0.2) is 97.5 Å². The number of nitrogens with one attached hydrogen (secondary N) is 9. The number of carbonyl (C=O) groups excluding carboxylic acids is 5. The number of aromatic nitrogens is 5. The molecule has 0 aliphatic carbocycles. The lowest BCUT2D eigenvalue weighted by Crippen LogP contribution is -2.47. The molecule has 4 heterocycles. The van der Waals surface area contributed by atoms with Crippen LogP contribution in [0.1, 0.15) is 94.0 Å². The molecule has 35 nitrogen and oxygen atoms in total. The van der Waals surface area contributed by atoms with Crippen molar-refractivity contribution in [1.29, 1.82) is 0 Å². The third-order valence-corrected chi connectivity index (χ3v) is 18.5. The normalized spacial score (nSPS) is 14.0. The summed E-state index contributed by atoms with van der Waals surface area (Å²) in [6.07, 6.45) is 10.8. The van der Waals surface area contributed by atoms with E-state index in [0.29, 0.717) is 226 Å². The Labute approximate surface area is 698 Å². The second kappa shape index (κ2) is 62.0. The monoisotopic (exact) mass is 1750 g/mol. The number of unbranched alkanes of at least 4 members (excludes halogenated alkanes) is 4. The zero-order valence-electron chi connectivity index (χ0n) is 66.5. The number of urea groups is 2. The second-order valence-corrected chi connectivity index (χ2v) is 28.6. The molecular formula is C79H119IN16O19S. The van der Waals surface area contributed by atoms with Gasteiger partial charge in [0, 0.05) is 118 Å². The van der Waals surface area contributed by atoms with Gasteiger partial charge in [-0.3, -0.25) is 38.9 Å². The van der Waals surface area contributed by atoms with Gasteiger partial charge in [-0.25, -0.2) is 19.1 Å². The zero-order valence-corrected chi connectivity index (χ0v) is 69.4. The lowest BCUT2D eigenvalue weighted by atomic mass is 10.1. The largest absolute Gasteiger partial charge is 0.481 e. The summed E-state index contributed by atoms with van der Waals surface area (Å²) in [5.41, 5.74) is 5.46. The van der Waals surface area contributed by atoms with Gasteiger partial charge in [-0.1, -0.05) is 35.5 Å². The van der Waals surface area contributed by atoms with Gasteiger partial charge in [-0.15, -0.1) is 5.10 Å². The summed E-state index contributed by atoms with van der Waals surface area (Å²) in [5, 5.41) is 52.9. The molecule has 0 radical (unpaired) electrons. The first-order valence-corrected chi connectivity index (χ1v) is 41.4. The van der Waals surface area contributed by atoms with Crippen molar-refractivity contribution in [2.24, 2.45) is 0 Å². The summed E-state index contributed by atoms with van der Waals surface area (Å²) in [7, 11) is 0. The van der Waals surface area contributed by atoms with E-state index in [9.17, 15) is 38.7 Å². The number of amides is 7. The van der Waals surface area contributed by atoms with E-state index in [4.69, 9.17) is 64.7 Å². The number of nitrogens with zero attached hydrogens (tertiary/aromatic N) is 7. The highest BCUT2D eigenvalue weighted by Crippen LogP contribution is 2.21. The van der Waals surface area contributed by atoms with E-state index in [1.54, 1.807) is 35.3 Å². The number of halogens is 1. The lowest BCUT2D eigenvalue weighted by molar-refractivity contribution is -0.139. The molecule has 0 saturated carbocycles. The minimum Gasteiger partial charge on any atom is -0.481 e. The minimum atomic E-state index is -1.20. The highest BCUT2D eigenvalue weighted by molar-refractivity contribution is 14.1. The zero-order chi connectivity index (χ0) is 82.5. The van der Waals surface area contributed by atoms with Crippen molar-refractivity contribution in [3.8, 4) is 11.3 Å². The fourth-order valence-electron chi connectivity index (χ4n) is 11.4. The van der Waals surface area contributed by atoms with Crippen molar-refractivity contribution >= 4 is 93.0 Å². The molecule has 2 atom stereocenters. The number of pyridine rings is 2. The summed E-state index contributed by atoms with van der Waals surface area (Å²) in [4.78, 5) is 99.9. The van der Waals surface area contributed by atoms with Crippen LogP contribution in [0.25, 0.3) is 11.3 Å². The molecular weight excluding hydrogens is 1640 g/mol. The summed E-state index contributed by atoms with van der Waals surface area (Å²) in [6.45, 7) is 14.7. The Morgan fingerprint density at radius 2 is 1.03 bits per heavy atom. The number of carboxylic acid groups (broad SMARTS) is 2. The first-order chi connectivity index (χ1) is 56.6. The van der Waals surface area contributed by atoms with Crippen molar-refractivity contribution in [3.05, 3.63) is 118 Å². The van der Waals surface area contributed by atoms with Crippen LogP contribution in [-0.2, 0) is 97.4 Å². The maximum absolute atomic E-state index is 13.6. The number of ether oxygens (including phenoxy) is 10. The number of thiocarbonyl (C=S) groups is 1. The number of anilines is 2. The summed E-state index contributed by atoms with van der Waals surface area (Å²) < 4.78 is 60.5. The molecule has 1 aliphatic heterocycles. The average Bonchev–Trinajstić information content (AvgIpc) is 1.83. The smallest absolute Gasteiger partial charge is 0.326 e. The van der Waals surface area contributed by atoms with Crippen LogP contribution in [0.2, 0.25) is 0 Å². The van der Waals surface area contributed by atoms with Crippen LogP contribution in [0, 0.1) is 3.57 Å². The number of benzene rings is 2. The average molecular weight is 1760 g/mol. The van der Waals surface area contributed by atoms with Gasteiger partial charge in [0.1, 0.15) is 17.8 Å². The Morgan fingerprint density at radius 3 is 1.65 bits per heavy atom. The fourth-order valence-corrected chi connectivity index (χ4v) is 11.9. The van der Waals surface area contributed by atoms with Crippen molar-refractivity contribution in [2.75, 3.05) is 202 Å². The Kier molecular flexibility index (Phi) is 51.6. The van der Waals surface area contributed by atoms with Gasteiger partial charge < -0.3 is 105 Å². The molecule has 1 fully saturated rings. The third-order valence-electron chi connectivity index (χ3n) is 17.5. The Bertz CT molecular complexity index is 3550. The molecule has 642 valence electrons. The van der Waals surface area contributed by atoms with Crippen LogP contribution in [0.4, 0.5) is 21.0 Å². The molecule has 0 bridgehead atoms. The minimum absolute atomic E-state index is 0.0315. The van der Waals surface area contributed by atoms with Gasteiger partial charge in [0.2, 0.25) is 17.7 Å². The molecule has 37 heteroatoms. The standard InChI is InChI=1S/C79H119IN16O19S/c80-64-20-18-62(19-21-64)56-73(98)83-25-5-1-6-26-84-75(101)69(15-3-9-28-87-79(116)89-66-22-30-82-68(58-66)60-95-33-39-109-45-43-107-37-31-94(59-67-13-2-7-24-81-67)32-38-108-44-46-110-40-34-95)90-72(97)23-36-106-42-48-112-50-52-114-54-55-115-53-51-113-49-47-111-41-35-96-61-71(92-93-96)63-12-10-14-65(57-63)88-77(104)85-27-8-4-16-70(76(102)103)91-78(105)86-29-11-17-74(99)100/h2,7,10,12-14,18-22,24,30,57-58,61,69-70H,1,3-6,8-9,11,15-17,23,25-29,31-56,59-60H2,(H,83,98)(H,84,101)(H,90,97)(H,99,100)(H,102,103)(H2,85,88,104)(H2,86,91,105)(H2,82,87,89,116)/t69-,70-/m0/s1. The first kappa shape index (κ1) is 96.5. The first-order valence-electron chi connectivity index (χ1n) is 39.9. The molecule has 0 unspecified atom stereocenters. The van der Waals surface area contributed by atoms with E-state index in [1.807, 2.05) is 66.9 Å². The predicted octanol–water partition coefficient (Wildman–Crippen LogP) is 5.41. The molecule has 1 aliphatic rings. The molecule has 7 amide bonds. The van der Waals surface area contributed by atoms with E-state index >= 15 is 0 Å². The third kappa shape index (κ3) is 47.2. The summed E-state index contributed by atoms with van der Waals surface area (Å²) >= 11 is 7.93. The van der Waals surface area contributed by atoms with E-state index < -0.39 is 36.1 Å². The van der Waals surface area contributed by atoms with Crippen LogP contribution in [0.3, 0.4) is 0 Å². The van der Waals surface area contributed by atoms with Gasteiger partial charge in [0.25, 0.3) is 0 Å². The molecule has 116 heavy (non-hydrogen) atoms. The number of carbonyl (C=O) groups is 7. The van der Waals surface area contributed by atoms with Crippen molar-refractivity contribution in [1.82, 2.24) is 72.0 Å². The Morgan fingerprint density at radius 1 is 0.491 bits per heavy atom. The molecule has 11 N–H and O–H groups in total. The Balaban J connectivity index is 0.773. The summed E-state index contributed by atoms with van der Waals surface area (Å²) in [6, 6.07) is 21.7. The van der Waals surface area contributed by atoms with Crippen LogP contribution < -0.4 is 47.9 Å². The summed E-state index contributed by atoms with van der Waals surface area (Å²) in [5.74, 6) is -2.79. The van der Waals surface area contributed by atoms with E-state index in [-0.39, 0.29) is 69.7 Å². The van der Waals surface area contributed by atoms with Crippen LogP contribution >= 0.6 is 34.8 Å². The maximum Gasteiger partial charge on any atom is 0.326 e. The fraction of sp³-hybridized carbons (Fsp3) is 0.595. The van der Waals surface area contributed by atoms with Gasteiger partial charge in [0.15, 0.2) is 5.11 Å². The number of hydrogen-bond donors (Lipinski definition) is 11. The van der Waals surface area contributed by atoms with Gasteiger partial charge in [-0.05, 0) is 153 Å². The predicted molar refractivity (Wildman–Crippen MR) is 446 cm³/mol. The molecule has 3 aromatic heterocycles. The second-order valence-electron chi connectivity index (χ2n) is 26.9. The van der Waals surface area contributed by atoms with Crippen molar-refractivity contribution in [2.45, 2.75) is 115 Å². The lowest BCUT2D eigenvalue weighted by Gasteiger charge is -2.23. The highest BCUT2D eigenvalue weighted by atomic mass is 127. The van der Waals surface area contributed by atoms with E-state index in [2.05, 4.69) is 101 Å². The highest BCUT2D eigenvalue weighted by Gasteiger charge is 2.22. The van der Waals surface area contributed by atoms with E-state index in [0.717, 1.165) is 64.2 Å². The van der Waals surface area contributed by atoms with Crippen molar-refractivity contribution < 1.29 is 91.1 Å². The molecule has 6 rings (SSSR count). The van der Waals surface area contributed by atoms with Gasteiger partial charge in [-0.2, -0.15) is 0 Å². The number of carboxylic acids is 2. The van der Waals surface area contributed by atoms with Crippen LogP contribution in [-0.4, -0.2) is 295 Å². The Hall–Kier alpha value is -8.29. The number of hydrogen-bond acceptors (Lipinski definition) is 24. The molecule has 2 aromatic carbocycles.